The molecule has 0 saturated carbocycles. The minimum atomic E-state index is -0.0815. The van der Waals surface area contributed by atoms with Gasteiger partial charge in [0.1, 0.15) is 5.82 Å². The first kappa shape index (κ1) is 18.1. The topological polar surface area (TPSA) is 61.6 Å². The molecule has 7 nitrogen and oxygen atoms in total. The number of fused-ring (bicyclic) bond motifs is 1. The second kappa shape index (κ2) is 7.25. The van der Waals surface area contributed by atoms with Crippen LogP contribution in [0.2, 0.25) is 0 Å². The van der Waals surface area contributed by atoms with Gasteiger partial charge < -0.3 is 15.1 Å². The highest BCUT2D eigenvalue weighted by Crippen LogP contribution is 2.20. The molecule has 1 N–H and O–H groups in total. The van der Waals surface area contributed by atoms with Crippen molar-refractivity contribution in [1.29, 1.82) is 0 Å². The normalized spacial score (nSPS) is 17.5. The van der Waals surface area contributed by atoms with Crippen molar-refractivity contribution in [2.75, 3.05) is 45.6 Å². The van der Waals surface area contributed by atoms with E-state index >= 15 is 0 Å². The van der Waals surface area contributed by atoms with Gasteiger partial charge in [-0.3, -0.25) is 0 Å². The average molecular weight is 345 g/mol. The van der Waals surface area contributed by atoms with Gasteiger partial charge in [0.2, 0.25) is 0 Å². The summed E-state index contributed by atoms with van der Waals surface area (Å²) < 4.78 is 1.85. The van der Waals surface area contributed by atoms with E-state index in [0.29, 0.717) is 0 Å². The van der Waals surface area contributed by atoms with Gasteiger partial charge in [-0.25, -0.2) is 0 Å². The fourth-order valence-electron chi connectivity index (χ4n) is 3.35. The molecule has 1 aliphatic rings. The first-order valence-electron chi connectivity index (χ1n) is 9.20. The van der Waals surface area contributed by atoms with Gasteiger partial charge in [0.05, 0.1) is 0 Å². The molecule has 3 heterocycles. The number of hydrogen-bond acceptors (Lipinski definition) is 6. The Morgan fingerprint density at radius 3 is 2.52 bits per heavy atom. The SMILES string of the molecule is CN(C)C1CCN(CCNc2ccc3nnc(C(C)(C)C)n3n2)CC1. The van der Waals surface area contributed by atoms with Crippen LogP contribution in [0, 0.1) is 0 Å². The number of hydrogen-bond donors (Lipinski definition) is 1. The van der Waals surface area contributed by atoms with Crippen molar-refractivity contribution in [3.05, 3.63) is 18.0 Å². The predicted molar refractivity (Wildman–Crippen MR) is 101 cm³/mol. The number of rotatable bonds is 5. The molecular weight excluding hydrogens is 314 g/mol. The smallest absolute Gasteiger partial charge is 0.178 e. The first-order valence-corrected chi connectivity index (χ1v) is 9.20. The van der Waals surface area contributed by atoms with E-state index < -0.39 is 0 Å². The molecule has 0 bridgehead atoms. The maximum absolute atomic E-state index is 4.67. The minimum absolute atomic E-state index is 0.0815. The Hall–Kier alpha value is -1.73. The molecule has 0 amide bonds. The summed E-state index contributed by atoms with van der Waals surface area (Å²) in [4.78, 5) is 4.88. The number of piperidine rings is 1. The molecule has 0 spiro atoms. The van der Waals surface area contributed by atoms with Crippen LogP contribution in [0.5, 0.6) is 0 Å². The van der Waals surface area contributed by atoms with Crippen molar-refractivity contribution >= 4 is 11.5 Å². The van der Waals surface area contributed by atoms with Gasteiger partial charge in [0.15, 0.2) is 11.5 Å². The molecule has 0 unspecified atom stereocenters. The van der Waals surface area contributed by atoms with Crippen LogP contribution >= 0.6 is 0 Å². The summed E-state index contributed by atoms with van der Waals surface area (Å²) in [5, 5.41) is 16.6. The Kier molecular flexibility index (Phi) is 5.24. The average Bonchev–Trinajstić information content (AvgIpc) is 2.99. The molecule has 25 heavy (non-hydrogen) atoms. The van der Waals surface area contributed by atoms with E-state index in [-0.39, 0.29) is 5.41 Å². The van der Waals surface area contributed by atoms with Gasteiger partial charge in [-0.15, -0.1) is 15.3 Å². The lowest BCUT2D eigenvalue weighted by Crippen LogP contribution is -2.43. The van der Waals surface area contributed by atoms with Crippen LogP contribution in [0.15, 0.2) is 12.1 Å². The van der Waals surface area contributed by atoms with Crippen LogP contribution in [0.1, 0.15) is 39.4 Å². The van der Waals surface area contributed by atoms with Gasteiger partial charge in [-0.1, -0.05) is 20.8 Å². The van der Waals surface area contributed by atoms with Crippen molar-refractivity contribution in [2.24, 2.45) is 0 Å². The Labute approximate surface area is 150 Å². The molecule has 1 saturated heterocycles. The largest absolute Gasteiger partial charge is 0.367 e. The summed E-state index contributed by atoms with van der Waals surface area (Å²) in [6.07, 6.45) is 2.51. The summed E-state index contributed by atoms with van der Waals surface area (Å²) in [7, 11) is 4.36. The lowest BCUT2D eigenvalue weighted by atomic mass is 9.96. The van der Waals surface area contributed by atoms with Crippen LogP contribution < -0.4 is 5.32 Å². The summed E-state index contributed by atoms with van der Waals surface area (Å²) in [5.74, 6) is 1.76. The van der Waals surface area contributed by atoms with E-state index in [2.05, 4.69) is 65.3 Å². The monoisotopic (exact) mass is 345 g/mol. The molecule has 0 radical (unpaired) electrons. The first-order chi connectivity index (χ1) is 11.8. The molecule has 0 aromatic carbocycles. The second-order valence-corrected chi connectivity index (χ2v) is 8.23. The number of aromatic nitrogens is 4. The van der Waals surface area contributed by atoms with E-state index in [1.807, 2.05) is 16.6 Å². The van der Waals surface area contributed by atoms with Crippen LogP contribution in [0.3, 0.4) is 0 Å². The molecule has 1 fully saturated rings. The highest BCUT2D eigenvalue weighted by molar-refractivity contribution is 5.44. The molecule has 7 heteroatoms. The van der Waals surface area contributed by atoms with Crippen LogP contribution in [0.4, 0.5) is 5.82 Å². The molecular formula is C18H31N7. The summed E-state index contributed by atoms with van der Waals surface area (Å²) in [6, 6.07) is 4.69. The maximum Gasteiger partial charge on any atom is 0.178 e. The Balaban J connectivity index is 1.55. The van der Waals surface area contributed by atoms with Crippen molar-refractivity contribution < 1.29 is 0 Å². The number of anilines is 1. The third kappa shape index (κ3) is 4.27. The molecule has 0 aliphatic carbocycles. The number of likely N-dealkylation sites (tertiary alicyclic amines) is 1. The van der Waals surface area contributed by atoms with Crippen molar-refractivity contribution in [3.8, 4) is 0 Å². The molecule has 1 aliphatic heterocycles. The molecule has 2 aromatic heterocycles. The van der Waals surface area contributed by atoms with Crippen LogP contribution in [0.25, 0.3) is 5.65 Å². The number of nitrogens with zero attached hydrogens (tertiary/aromatic N) is 6. The van der Waals surface area contributed by atoms with Gasteiger partial charge in [-0.05, 0) is 52.2 Å². The molecule has 0 atom stereocenters. The van der Waals surface area contributed by atoms with Gasteiger partial charge in [0, 0.05) is 24.5 Å². The van der Waals surface area contributed by atoms with E-state index in [9.17, 15) is 0 Å². The predicted octanol–water partition coefficient (Wildman–Crippen LogP) is 1.86. The Bertz CT molecular complexity index is 693. The highest BCUT2D eigenvalue weighted by Gasteiger charge is 2.22. The Morgan fingerprint density at radius 2 is 1.88 bits per heavy atom. The van der Waals surface area contributed by atoms with E-state index in [0.717, 1.165) is 36.4 Å². The molecule has 2 aromatic rings. The van der Waals surface area contributed by atoms with Crippen molar-refractivity contribution in [1.82, 2.24) is 29.6 Å². The number of nitrogens with one attached hydrogen (secondary N) is 1. The minimum Gasteiger partial charge on any atom is -0.367 e. The highest BCUT2D eigenvalue weighted by atomic mass is 15.4. The standard InChI is InChI=1S/C18H31N7/c1-18(2,3)17-21-20-16-7-6-15(22-25(16)17)19-10-13-24-11-8-14(9-12-24)23(4)5/h6-7,14H,8-13H2,1-5H3,(H,19,22). The maximum atomic E-state index is 4.67. The fourth-order valence-corrected chi connectivity index (χ4v) is 3.35. The zero-order valence-electron chi connectivity index (χ0n) is 16.2. The molecule has 3 rings (SSSR count). The molecule has 138 valence electrons. The van der Waals surface area contributed by atoms with Gasteiger partial charge in [-0.2, -0.15) is 4.52 Å². The quantitative estimate of drug-likeness (QED) is 0.892. The zero-order chi connectivity index (χ0) is 18.0. The fraction of sp³-hybridized carbons (Fsp3) is 0.722. The summed E-state index contributed by atoms with van der Waals surface area (Å²) in [5.41, 5.74) is 0.711. The van der Waals surface area contributed by atoms with E-state index in [1.165, 1.54) is 25.9 Å². The lowest BCUT2D eigenvalue weighted by Gasteiger charge is -2.35. The van der Waals surface area contributed by atoms with E-state index in [1.54, 1.807) is 0 Å². The van der Waals surface area contributed by atoms with Crippen LogP contribution in [-0.4, -0.2) is 75.9 Å². The Morgan fingerprint density at radius 1 is 1.16 bits per heavy atom. The van der Waals surface area contributed by atoms with Gasteiger partial charge in [0.25, 0.3) is 0 Å². The summed E-state index contributed by atoms with van der Waals surface area (Å²) >= 11 is 0. The zero-order valence-corrected chi connectivity index (χ0v) is 16.2. The van der Waals surface area contributed by atoms with Crippen LogP contribution in [-0.2, 0) is 5.41 Å². The van der Waals surface area contributed by atoms with E-state index in [4.69, 9.17) is 0 Å². The van der Waals surface area contributed by atoms with Gasteiger partial charge >= 0.3 is 0 Å². The second-order valence-electron chi connectivity index (χ2n) is 8.23. The lowest BCUT2D eigenvalue weighted by molar-refractivity contribution is 0.148. The van der Waals surface area contributed by atoms with Crippen molar-refractivity contribution in [2.45, 2.75) is 45.1 Å². The third-order valence-corrected chi connectivity index (χ3v) is 4.96. The third-order valence-electron chi connectivity index (χ3n) is 4.96. The van der Waals surface area contributed by atoms with Crippen molar-refractivity contribution in [3.63, 3.8) is 0 Å². The summed E-state index contributed by atoms with van der Waals surface area (Å²) in [6.45, 7) is 10.7.